The standard InChI is InChI=1S/C12H14BrN3O3.ClH/c13-9-4-8(5-10(6-9)16(18)19)11(17)15-7-12(14)2-1-3-12;/h4-6H,1-3,7,14H2,(H,15,17);1H. The van der Waals surface area contributed by atoms with Crippen molar-refractivity contribution in [2.24, 2.45) is 5.73 Å². The quantitative estimate of drug-likeness (QED) is 0.633. The molecule has 110 valence electrons. The SMILES string of the molecule is Cl.NC1(CNC(=O)c2cc(Br)cc([N+](=O)[O-])c2)CCC1. The van der Waals surface area contributed by atoms with E-state index in [4.69, 9.17) is 5.73 Å². The number of benzene rings is 1. The predicted octanol–water partition coefficient (Wildman–Crippen LogP) is 2.39. The minimum Gasteiger partial charge on any atom is -0.350 e. The zero-order valence-electron chi connectivity index (χ0n) is 10.6. The number of carbonyl (C=O) groups excluding carboxylic acids is 1. The second-order valence-corrected chi connectivity index (χ2v) is 5.77. The number of amides is 1. The number of hydrogen-bond donors (Lipinski definition) is 2. The fourth-order valence-corrected chi connectivity index (χ4v) is 2.46. The minimum absolute atomic E-state index is 0. The molecule has 0 bridgehead atoms. The van der Waals surface area contributed by atoms with E-state index in [-0.39, 0.29) is 35.1 Å². The summed E-state index contributed by atoms with van der Waals surface area (Å²) in [5, 5.41) is 13.5. The summed E-state index contributed by atoms with van der Waals surface area (Å²) < 4.78 is 0.498. The molecule has 3 N–H and O–H groups in total. The third-order valence-electron chi connectivity index (χ3n) is 3.31. The van der Waals surface area contributed by atoms with Crippen LogP contribution >= 0.6 is 28.3 Å². The summed E-state index contributed by atoms with van der Waals surface area (Å²) in [5.41, 5.74) is 5.83. The van der Waals surface area contributed by atoms with Crippen molar-refractivity contribution < 1.29 is 9.72 Å². The number of halogens is 2. The van der Waals surface area contributed by atoms with Crippen molar-refractivity contribution in [2.75, 3.05) is 6.54 Å². The summed E-state index contributed by atoms with van der Waals surface area (Å²) in [5.74, 6) is -0.346. The van der Waals surface area contributed by atoms with Crippen molar-refractivity contribution in [1.29, 1.82) is 0 Å². The van der Waals surface area contributed by atoms with E-state index >= 15 is 0 Å². The summed E-state index contributed by atoms with van der Waals surface area (Å²) in [6.45, 7) is 0.395. The highest BCUT2D eigenvalue weighted by Gasteiger charge is 2.32. The van der Waals surface area contributed by atoms with Crippen LogP contribution in [0, 0.1) is 10.1 Å². The molecule has 0 spiro atoms. The lowest BCUT2D eigenvalue weighted by atomic mass is 9.78. The van der Waals surface area contributed by atoms with Gasteiger partial charge in [-0.2, -0.15) is 0 Å². The summed E-state index contributed by atoms with van der Waals surface area (Å²) in [6, 6.07) is 4.16. The lowest BCUT2D eigenvalue weighted by Gasteiger charge is -2.38. The van der Waals surface area contributed by atoms with Gasteiger partial charge >= 0.3 is 0 Å². The molecule has 20 heavy (non-hydrogen) atoms. The molecule has 1 fully saturated rings. The third kappa shape index (κ3) is 3.91. The van der Waals surface area contributed by atoms with Crippen molar-refractivity contribution in [2.45, 2.75) is 24.8 Å². The summed E-state index contributed by atoms with van der Waals surface area (Å²) >= 11 is 3.16. The Morgan fingerprint density at radius 2 is 2.10 bits per heavy atom. The van der Waals surface area contributed by atoms with Gasteiger partial charge in [0.2, 0.25) is 0 Å². The number of carbonyl (C=O) groups is 1. The summed E-state index contributed by atoms with van der Waals surface area (Å²) in [4.78, 5) is 22.2. The Morgan fingerprint density at radius 3 is 2.60 bits per heavy atom. The molecule has 1 saturated carbocycles. The molecule has 6 nitrogen and oxygen atoms in total. The van der Waals surface area contributed by atoms with Crippen LogP contribution in [0.1, 0.15) is 29.6 Å². The second-order valence-electron chi connectivity index (χ2n) is 4.85. The molecule has 1 aromatic carbocycles. The van der Waals surface area contributed by atoms with Gasteiger partial charge in [-0.15, -0.1) is 12.4 Å². The Bertz CT molecular complexity index is 535. The number of nitrogens with two attached hydrogens (primary N) is 1. The maximum atomic E-state index is 11.9. The average molecular weight is 365 g/mol. The molecule has 0 saturated heterocycles. The molecule has 1 amide bonds. The van der Waals surface area contributed by atoms with Crippen molar-refractivity contribution >= 4 is 39.9 Å². The number of rotatable bonds is 4. The van der Waals surface area contributed by atoms with Crippen molar-refractivity contribution in [3.8, 4) is 0 Å². The van der Waals surface area contributed by atoms with E-state index in [9.17, 15) is 14.9 Å². The second kappa shape index (κ2) is 6.51. The average Bonchev–Trinajstić information content (AvgIpc) is 2.32. The van der Waals surface area contributed by atoms with Gasteiger partial charge in [0.25, 0.3) is 11.6 Å². The Morgan fingerprint density at radius 1 is 1.45 bits per heavy atom. The lowest BCUT2D eigenvalue weighted by molar-refractivity contribution is -0.385. The summed E-state index contributed by atoms with van der Waals surface area (Å²) in [6.07, 6.45) is 2.87. The maximum Gasteiger partial charge on any atom is 0.271 e. The minimum atomic E-state index is -0.530. The highest BCUT2D eigenvalue weighted by Crippen LogP contribution is 2.28. The molecule has 8 heteroatoms. The van der Waals surface area contributed by atoms with E-state index in [2.05, 4.69) is 21.2 Å². The molecule has 0 aromatic heterocycles. The van der Waals surface area contributed by atoms with E-state index in [1.807, 2.05) is 0 Å². The summed E-state index contributed by atoms with van der Waals surface area (Å²) in [7, 11) is 0. The lowest BCUT2D eigenvalue weighted by Crippen LogP contribution is -2.54. The molecule has 0 aliphatic heterocycles. The topological polar surface area (TPSA) is 98.3 Å². The Kier molecular flexibility index (Phi) is 5.50. The number of nitro benzene ring substituents is 1. The van der Waals surface area contributed by atoms with E-state index in [1.165, 1.54) is 12.1 Å². The van der Waals surface area contributed by atoms with Gasteiger partial charge in [-0.05, 0) is 25.3 Å². The number of nitro groups is 1. The van der Waals surface area contributed by atoms with E-state index in [0.717, 1.165) is 19.3 Å². The predicted molar refractivity (Wildman–Crippen MR) is 81.1 cm³/mol. The highest BCUT2D eigenvalue weighted by molar-refractivity contribution is 9.10. The van der Waals surface area contributed by atoms with Gasteiger partial charge in [-0.3, -0.25) is 14.9 Å². The van der Waals surface area contributed by atoms with Crippen LogP contribution in [-0.2, 0) is 0 Å². The van der Waals surface area contributed by atoms with Gasteiger partial charge in [0, 0.05) is 34.3 Å². The van der Waals surface area contributed by atoms with Crippen LogP contribution in [0.2, 0.25) is 0 Å². The Labute approximate surface area is 130 Å². The number of non-ortho nitro benzene ring substituents is 1. The molecule has 1 aliphatic carbocycles. The molecule has 2 rings (SSSR count). The van der Waals surface area contributed by atoms with Crippen LogP contribution < -0.4 is 11.1 Å². The van der Waals surface area contributed by atoms with Crippen LogP contribution in [-0.4, -0.2) is 22.9 Å². The molecule has 0 radical (unpaired) electrons. The first-order valence-electron chi connectivity index (χ1n) is 5.92. The number of hydrogen-bond acceptors (Lipinski definition) is 4. The number of nitrogens with one attached hydrogen (secondary N) is 1. The van der Waals surface area contributed by atoms with Crippen LogP contribution in [0.25, 0.3) is 0 Å². The monoisotopic (exact) mass is 363 g/mol. The molecular weight excluding hydrogens is 350 g/mol. The first-order valence-corrected chi connectivity index (χ1v) is 6.71. The van der Waals surface area contributed by atoms with Gasteiger partial charge in [0.1, 0.15) is 0 Å². The molecule has 1 aromatic rings. The molecule has 1 aliphatic rings. The molecule has 0 atom stereocenters. The van der Waals surface area contributed by atoms with E-state index < -0.39 is 4.92 Å². The van der Waals surface area contributed by atoms with Crippen LogP contribution in [0.15, 0.2) is 22.7 Å². The van der Waals surface area contributed by atoms with E-state index in [0.29, 0.717) is 11.0 Å². The van der Waals surface area contributed by atoms with Crippen LogP contribution in [0.3, 0.4) is 0 Å². The normalized spacial score (nSPS) is 15.7. The van der Waals surface area contributed by atoms with Gasteiger partial charge in [-0.1, -0.05) is 15.9 Å². The smallest absolute Gasteiger partial charge is 0.271 e. The first kappa shape index (κ1) is 16.9. The van der Waals surface area contributed by atoms with Gasteiger partial charge < -0.3 is 11.1 Å². The van der Waals surface area contributed by atoms with Crippen LogP contribution in [0.5, 0.6) is 0 Å². The largest absolute Gasteiger partial charge is 0.350 e. The molecule has 0 heterocycles. The maximum absolute atomic E-state index is 11.9. The molecule has 0 unspecified atom stereocenters. The van der Waals surface area contributed by atoms with Crippen molar-refractivity contribution in [1.82, 2.24) is 5.32 Å². The fraction of sp³-hybridized carbons (Fsp3) is 0.417. The van der Waals surface area contributed by atoms with E-state index in [1.54, 1.807) is 6.07 Å². The highest BCUT2D eigenvalue weighted by atomic mass is 79.9. The van der Waals surface area contributed by atoms with Crippen molar-refractivity contribution in [3.05, 3.63) is 38.3 Å². The fourth-order valence-electron chi connectivity index (χ4n) is 1.98. The van der Waals surface area contributed by atoms with Gasteiger partial charge in [0.05, 0.1) is 4.92 Å². The van der Waals surface area contributed by atoms with Gasteiger partial charge in [0.15, 0.2) is 0 Å². The Balaban J connectivity index is 0.00000200. The zero-order chi connectivity index (χ0) is 14.0. The Hall–Kier alpha value is -1.18. The molecular formula is C12H15BrClN3O3. The van der Waals surface area contributed by atoms with Gasteiger partial charge in [-0.25, -0.2) is 0 Å². The number of nitrogens with zero attached hydrogens (tertiary/aromatic N) is 1. The zero-order valence-corrected chi connectivity index (χ0v) is 13.0. The van der Waals surface area contributed by atoms with Crippen LogP contribution in [0.4, 0.5) is 5.69 Å². The third-order valence-corrected chi connectivity index (χ3v) is 3.76. The van der Waals surface area contributed by atoms with Crippen molar-refractivity contribution in [3.63, 3.8) is 0 Å². The first-order chi connectivity index (χ1) is 8.89.